The standard InChI is InChI=1S/C12H17NOS/c1-5-13-11-9(3)6-8(2)7-10(11)12(14)15-4/h6-7,13H,5H2,1-4H3. The van der Waals surface area contributed by atoms with Crippen molar-refractivity contribution >= 4 is 22.6 Å². The van der Waals surface area contributed by atoms with Crippen molar-refractivity contribution in [2.24, 2.45) is 0 Å². The van der Waals surface area contributed by atoms with Gasteiger partial charge in [0.25, 0.3) is 0 Å². The third-order valence-corrected chi connectivity index (χ3v) is 2.83. The maximum Gasteiger partial charge on any atom is 0.221 e. The highest BCUT2D eigenvalue weighted by Gasteiger charge is 2.12. The van der Waals surface area contributed by atoms with Crippen molar-refractivity contribution in [2.45, 2.75) is 20.8 Å². The number of rotatable bonds is 3. The summed E-state index contributed by atoms with van der Waals surface area (Å²) < 4.78 is 0. The number of carbonyl (C=O) groups is 1. The molecule has 0 unspecified atom stereocenters. The average Bonchev–Trinajstić information content (AvgIpc) is 2.20. The molecule has 0 aliphatic carbocycles. The zero-order valence-corrected chi connectivity index (χ0v) is 10.5. The minimum atomic E-state index is 0.123. The molecule has 15 heavy (non-hydrogen) atoms. The Kier molecular flexibility index (Phi) is 4.21. The van der Waals surface area contributed by atoms with Crippen LogP contribution >= 0.6 is 11.8 Å². The number of thioether (sulfide) groups is 1. The van der Waals surface area contributed by atoms with Crippen molar-refractivity contribution in [1.29, 1.82) is 0 Å². The first-order valence-electron chi connectivity index (χ1n) is 5.03. The summed E-state index contributed by atoms with van der Waals surface area (Å²) >= 11 is 1.26. The van der Waals surface area contributed by atoms with Gasteiger partial charge in [-0.05, 0) is 44.2 Å². The molecule has 1 N–H and O–H groups in total. The fourth-order valence-corrected chi connectivity index (χ4v) is 2.03. The van der Waals surface area contributed by atoms with Gasteiger partial charge in [0.15, 0.2) is 0 Å². The predicted molar refractivity (Wildman–Crippen MR) is 67.9 cm³/mol. The molecular weight excluding hydrogens is 206 g/mol. The van der Waals surface area contributed by atoms with Crippen LogP contribution in [0.25, 0.3) is 0 Å². The molecule has 0 bridgehead atoms. The molecule has 1 aromatic rings. The Hall–Kier alpha value is -0.960. The molecule has 2 nitrogen and oxygen atoms in total. The van der Waals surface area contributed by atoms with E-state index in [4.69, 9.17) is 0 Å². The van der Waals surface area contributed by atoms with Crippen molar-refractivity contribution in [2.75, 3.05) is 18.1 Å². The summed E-state index contributed by atoms with van der Waals surface area (Å²) in [6.45, 7) is 6.91. The number of benzene rings is 1. The van der Waals surface area contributed by atoms with Gasteiger partial charge in [-0.25, -0.2) is 0 Å². The second-order valence-electron chi connectivity index (χ2n) is 3.53. The lowest BCUT2D eigenvalue weighted by Crippen LogP contribution is -2.06. The number of hydrogen-bond donors (Lipinski definition) is 1. The van der Waals surface area contributed by atoms with E-state index in [2.05, 4.69) is 11.4 Å². The topological polar surface area (TPSA) is 29.1 Å². The summed E-state index contributed by atoms with van der Waals surface area (Å²) in [6, 6.07) is 4.04. The third-order valence-electron chi connectivity index (χ3n) is 2.24. The van der Waals surface area contributed by atoms with Gasteiger partial charge < -0.3 is 5.32 Å². The summed E-state index contributed by atoms with van der Waals surface area (Å²) in [4.78, 5) is 11.7. The molecular formula is C12H17NOS. The maximum absolute atomic E-state index is 11.7. The van der Waals surface area contributed by atoms with Crippen LogP contribution in [-0.4, -0.2) is 17.9 Å². The smallest absolute Gasteiger partial charge is 0.221 e. The highest BCUT2D eigenvalue weighted by molar-refractivity contribution is 8.13. The first-order valence-corrected chi connectivity index (χ1v) is 6.26. The number of hydrogen-bond acceptors (Lipinski definition) is 3. The molecule has 0 radical (unpaired) electrons. The number of carbonyl (C=O) groups excluding carboxylic acids is 1. The van der Waals surface area contributed by atoms with Crippen molar-refractivity contribution in [3.8, 4) is 0 Å². The minimum absolute atomic E-state index is 0.123. The van der Waals surface area contributed by atoms with E-state index < -0.39 is 0 Å². The van der Waals surface area contributed by atoms with Crippen molar-refractivity contribution in [1.82, 2.24) is 0 Å². The van der Waals surface area contributed by atoms with Gasteiger partial charge in [-0.15, -0.1) is 0 Å². The largest absolute Gasteiger partial charge is 0.384 e. The Morgan fingerprint density at radius 3 is 2.60 bits per heavy atom. The maximum atomic E-state index is 11.7. The first-order chi connectivity index (χ1) is 7.10. The number of nitrogens with one attached hydrogen (secondary N) is 1. The van der Waals surface area contributed by atoms with Crippen LogP contribution in [0.15, 0.2) is 12.1 Å². The lowest BCUT2D eigenvalue weighted by Gasteiger charge is -2.13. The summed E-state index contributed by atoms with van der Waals surface area (Å²) in [5, 5.41) is 3.38. The lowest BCUT2D eigenvalue weighted by molar-refractivity contribution is 0.109. The molecule has 0 aliphatic rings. The van der Waals surface area contributed by atoms with Gasteiger partial charge in [0.1, 0.15) is 0 Å². The Balaban J connectivity index is 3.26. The van der Waals surface area contributed by atoms with Gasteiger partial charge in [0.05, 0.1) is 5.56 Å². The fraction of sp³-hybridized carbons (Fsp3) is 0.417. The Bertz CT molecular complexity index is 374. The Morgan fingerprint density at radius 2 is 2.07 bits per heavy atom. The molecule has 0 saturated carbocycles. The number of aryl methyl sites for hydroxylation is 2. The predicted octanol–water partition coefficient (Wildman–Crippen LogP) is 3.24. The summed E-state index contributed by atoms with van der Waals surface area (Å²) in [7, 11) is 0. The normalized spacial score (nSPS) is 10.1. The summed E-state index contributed by atoms with van der Waals surface area (Å²) in [6.07, 6.45) is 1.82. The summed E-state index contributed by atoms with van der Waals surface area (Å²) in [5.41, 5.74) is 4.03. The summed E-state index contributed by atoms with van der Waals surface area (Å²) in [5.74, 6) is 0. The fourth-order valence-electron chi connectivity index (χ4n) is 1.65. The van der Waals surface area contributed by atoms with E-state index in [1.807, 2.05) is 33.1 Å². The van der Waals surface area contributed by atoms with Gasteiger partial charge >= 0.3 is 0 Å². The van der Waals surface area contributed by atoms with E-state index >= 15 is 0 Å². The van der Waals surface area contributed by atoms with Gasteiger partial charge in [-0.2, -0.15) is 0 Å². The molecule has 0 aromatic heterocycles. The van der Waals surface area contributed by atoms with Gasteiger partial charge in [0, 0.05) is 12.2 Å². The SMILES string of the molecule is CCNc1c(C)cc(C)cc1C(=O)SC. The van der Waals surface area contributed by atoms with E-state index in [1.165, 1.54) is 11.8 Å². The lowest BCUT2D eigenvalue weighted by atomic mass is 10.0. The van der Waals surface area contributed by atoms with Crippen LogP contribution < -0.4 is 5.32 Å². The second kappa shape index (κ2) is 5.21. The molecule has 0 atom stereocenters. The van der Waals surface area contributed by atoms with Crippen LogP contribution in [0.3, 0.4) is 0 Å². The van der Waals surface area contributed by atoms with Crippen molar-refractivity contribution in [3.63, 3.8) is 0 Å². The molecule has 82 valence electrons. The van der Waals surface area contributed by atoms with E-state index in [1.54, 1.807) is 0 Å². The average molecular weight is 223 g/mol. The molecule has 0 spiro atoms. The van der Waals surface area contributed by atoms with Gasteiger partial charge in [-0.3, -0.25) is 4.79 Å². The monoisotopic (exact) mass is 223 g/mol. The number of anilines is 1. The van der Waals surface area contributed by atoms with E-state index in [9.17, 15) is 4.79 Å². The van der Waals surface area contributed by atoms with Crippen molar-refractivity contribution in [3.05, 3.63) is 28.8 Å². The van der Waals surface area contributed by atoms with Crippen molar-refractivity contribution < 1.29 is 4.79 Å². The van der Waals surface area contributed by atoms with Gasteiger partial charge in [-0.1, -0.05) is 17.8 Å². The Labute approximate surface area is 95.5 Å². The minimum Gasteiger partial charge on any atom is -0.384 e. The first kappa shape index (κ1) is 12.1. The molecule has 0 fully saturated rings. The molecule has 0 heterocycles. The molecule has 1 rings (SSSR count). The molecule has 3 heteroatoms. The molecule has 0 aliphatic heterocycles. The van der Waals surface area contributed by atoms with E-state index in [0.29, 0.717) is 0 Å². The van der Waals surface area contributed by atoms with Crippen LogP contribution in [-0.2, 0) is 0 Å². The van der Waals surface area contributed by atoms with Crippen LogP contribution in [0, 0.1) is 13.8 Å². The highest BCUT2D eigenvalue weighted by atomic mass is 32.2. The molecule has 1 aromatic carbocycles. The zero-order valence-electron chi connectivity index (χ0n) is 9.68. The second-order valence-corrected chi connectivity index (χ2v) is 4.31. The Morgan fingerprint density at radius 1 is 1.40 bits per heavy atom. The molecule has 0 amide bonds. The van der Waals surface area contributed by atoms with E-state index in [0.717, 1.165) is 28.9 Å². The van der Waals surface area contributed by atoms with E-state index in [-0.39, 0.29) is 5.12 Å². The van der Waals surface area contributed by atoms with Crippen LogP contribution in [0.4, 0.5) is 5.69 Å². The van der Waals surface area contributed by atoms with Crippen LogP contribution in [0.5, 0.6) is 0 Å². The quantitative estimate of drug-likeness (QED) is 0.853. The highest BCUT2D eigenvalue weighted by Crippen LogP contribution is 2.25. The zero-order chi connectivity index (χ0) is 11.4. The van der Waals surface area contributed by atoms with Crippen LogP contribution in [0.2, 0.25) is 0 Å². The van der Waals surface area contributed by atoms with Gasteiger partial charge in [0.2, 0.25) is 5.12 Å². The molecule has 0 saturated heterocycles. The van der Waals surface area contributed by atoms with Crippen LogP contribution in [0.1, 0.15) is 28.4 Å². The third kappa shape index (κ3) is 2.75.